The molecule has 0 radical (unpaired) electrons. The topological polar surface area (TPSA) is 12.0 Å². The van der Waals surface area contributed by atoms with Crippen molar-refractivity contribution in [2.45, 2.75) is 38.3 Å². The lowest BCUT2D eigenvalue weighted by Crippen LogP contribution is -2.33. The molecule has 1 aromatic carbocycles. The summed E-state index contributed by atoms with van der Waals surface area (Å²) in [6.07, 6.45) is 2.12. The smallest absolute Gasteiger partial charge is 0.127 e. The molecule has 1 aliphatic rings. The highest BCUT2D eigenvalue weighted by Gasteiger charge is 2.31. The summed E-state index contributed by atoms with van der Waals surface area (Å²) < 4.78 is 13.5. The van der Waals surface area contributed by atoms with Gasteiger partial charge in [-0.3, -0.25) is 0 Å². The van der Waals surface area contributed by atoms with Crippen LogP contribution in [0.2, 0.25) is 0 Å². The number of rotatable bonds is 1. The van der Waals surface area contributed by atoms with Gasteiger partial charge in [0.1, 0.15) is 5.82 Å². The minimum Gasteiger partial charge on any atom is -0.305 e. The fourth-order valence-corrected chi connectivity index (χ4v) is 2.11. The summed E-state index contributed by atoms with van der Waals surface area (Å²) in [4.78, 5) is 0. The van der Waals surface area contributed by atoms with Crippen molar-refractivity contribution in [3.8, 4) is 0 Å². The fraction of sp³-hybridized carbons (Fsp3) is 0.500. The zero-order valence-electron chi connectivity index (χ0n) is 8.68. The van der Waals surface area contributed by atoms with Crippen molar-refractivity contribution in [2.24, 2.45) is 0 Å². The summed E-state index contributed by atoms with van der Waals surface area (Å²) in [5.41, 5.74) is 0.950. The van der Waals surface area contributed by atoms with E-state index in [4.69, 9.17) is 0 Å². The van der Waals surface area contributed by atoms with E-state index in [9.17, 15) is 4.39 Å². The van der Waals surface area contributed by atoms with Crippen LogP contribution in [0.25, 0.3) is 0 Å². The number of hydrogen-bond donors (Lipinski definition) is 1. The number of halogens is 1. The first-order chi connectivity index (χ1) is 6.58. The molecule has 1 fully saturated rings. The second-order valence-corrected chi connectivity index (χ2v) is 4.64. The lowest BCUT2D eigenvalue weighted by Gasteiger charge is -2.20. The standard InChI is InChI=1S/C12H16FN/c1-12(2)8-7-11(14-12)9-5-3-4-6-10(9)13/h3-6,11,14H,7-8H2,1-2H3/t11-/m1/s1. The first kappa shape index (κ1) is 9.66. The van der Waals surface area contributed by atoms with E-state index in [1.807, 2.05) is 12.1 Å². The molecule has 1 N–H and O–H groups in total. The average Bonchev–Trinajstić information content (AvgIpc) is 2.47. The Morgan fingerprint density at radius 1 is 1.36 bits per heavy atom. The third-order valence-corrected chi connectivity index (χ3v) is 2.90. The predicted octanol–water partition coefficient (Wildman–Crippen LogP) is 3.03. The average molecular weight is 193 g/mol. The number of nitrogens with one attached hydrogen (secondary N) is 1. The van der Waals surface area contributed by atoms with E-state index in [0.717, 1.165) is 18.4 Å². The van der Waals surface area contributed by atoms with Crippen LogP contribution < -0.4 is 5.32 Å². The van der Waals surface area contributed by atoms with Crippen LogP contribution in [0.15, 0.2) is 24.3 Å². The second-order valence-electron chi connectivity index (χ2n) is 4.64. The Morgan fingerprint density at radius 3 is 2.64 bits per heavy atom. The van der Waals surface area contributed by atoms with Gasteiger partial charge in [-0.1, -0.05) is 18.2 Å². The number of benzene rings is 1. The Morgan fingerprint density at radius 2 is 2.07 bits per heavy atom. The molecule has 0 aromatic heterocycles. The molecule has 0 unspecified atom stereocenters. The maximum atomic E-state index is 13.5. The van der Waals surface area contributed by atoms with Gasteiger partial charge in [-0.05, 0) is 32.8 Å². The zero-order chi connectivity index (χ0) is 10.2. The first-order valence-electron chi connectivity index (χ1n) is 5.11. The quantitative estimate of drug-likeness (QED) is 0.723. The minimum absolute atomic E-state index is 0.0947. The highest BCUT2D eigenvalue weighted by molar-refractivity contribution is 5.23. The van der Waals surface area contributed by atoms with E-state index in [1.54, 1.807) is 6.07 Å². The summed E-state index contributed by atoms with van der Waals surface area (Å²) in [6.45, 7) is 4.32. The maximum Gasteiger partial charge on any atom is 0.127 e. The van der Waals surface area contributed by atoms with Crippen LogP contribution in [0, 0.1) is 5.82 Å². The van der Waals surface area contributed by atoms with Crippen LogP contribution in [0.5, 0.6) is 0 Å². The van der Waals surface area contributed by atoms with Crippen molar-refractivity contribution >= 4 is 0 Å². The third-order valence-electron chi connectivity index (χ3n) is 2.90. The van der Waals surface area contributed by atoms with Gasteiger partial charge in [0.2, 0.25) is 0 Å². The fourth-order valence-electron chi connectivity index (χ4n) is 2.11. The van der Waals surface area contributed by atoms with Crippen molar-refractivity contribution in [1.29, 1.82) is 0 Å². The number of hydrogen-bond acceptors (Lipinski definition) is 1. The monoisotopic (exact) mass is 193 g/mol. The molecule has 0 bridgehead atoms. The molecule has 0 spiro atoms. The van der Waals surface area contributed by atoms with E-state index < -0.39 is 0 Å². The van der Waals surface area contributed by atoms with Gasteiger partial charge in [0.15, 0.2) is 0 Å². The summed E-state index contributed by atoms with van der Waals surface area (Å²) >= 11 is 0. The molecule has 14 heavy (non-hydrogen) atoms. The van der Waals surface area contributed by atoms with Crippen LogP contribution in [0.1, 0.15) is 38.3 Å². The normalized spacial score (nSPS) is 25.2. The van der Waals surface area contributed by atoms with Crippen LogP contribution in [-0.2, 0) is 0 Å². The molecule has 1 atom stereocenters. The van der Waals surface area contributed by atoms with Crippen molar-refractivity contribution in [3.63, 3.8) is 0 Å². The van der Waals surface area contributed by atoms with Crippen LogP contribution in [0.3, 0.4) is 0 Å². The van der Waals surface area contributed by atoms with Crippen molar-refractivity contribution in [2.75, 3.05) is 0 Å². The van der Waals surface area contributed by atoms with Gasteiger partial charge in [0, 0.05) is 17.1 Å². The van der Waals surface area contributed by atoms with Gasteiger partial charge >= 0.3 is 0 Å². The summed E-state index contributed by atoms with van der Waals surface area (Å²) in [7, 11) is 0. The second kappa shape index (κ2) is 3.35. The molecular formula is C12H16FN. The Hall–Kier alpha value is -0.890. The largest absolute Gasteiger partial charge is 0.305 e. The highest BCUT2D eigenvalue weighted by Crippen LogP contribution is 2.33. The van der Waals surface area contributed by atoms with Gasteiger partial charge in [-0.2, -0.15) is 0 Å². The maximum absolute atomic E-state index is 13.5. The van der Waals surface area contributed by atoms with Crippen molar-refractivity contribution in [1.82, 2.24) is 5.32 Å². The molecule has 76 valence electrons. The van der Waals surface area contributed by atoms with E-state index in [1.165, 1.54) is 6.07 Å². The van der Waals surface area contributed by atoms with Crippen LogP contribution in [-0.4, -0.2) is 5.54 Å². The molecular weight excluding hydrogens is 177 g/mol. The molecule has 1 nitrogen and oxygen atoms in total. The summed E-state index contributed by atoms with van der Waals surface area (Å²) in [5.74, 6) is -0.0947. The highest BCUT2D eigenvalue weighted by atomic mass is 19.1. The SMILES string of the molecule is CC1(C)CC[C@H](c2ccccc2F)N1. The third kappa shape index (κ3) is 1.80. The van der Waals surface area contributed by atoms with Gasteiger partial charge in [-0.15, -0.1) is 0 Å². The van der Waals surface area contributed by atoms with E-state index in [0.29, 0.717) is 0 Å². The molecule has 1 heterocycles. The van der Waals surface area contributed by atoms with E-state index in [-0.39, 0.29) is 17.4 Å². The summed E-state index contributed by atoms with van der Waals surface area (Å²) in [6, 6.07) is 7.22. The van der Waals surface area contributed by atoms with Gasteiger partial charge < -0.3 is 5.32 Å². The molecule has 0 aliphatic carbocycles. The van der Waals surface area contributed by atoms with Crippen molar-refractivity contribution < 1.29 is 4.39 Å². The molecule has 2 rings (SSSR count). The lowest BCUT2D eigenvalue weighted by atomic mass is 10.0. The van der Waals surface area contributed by atoms with Crippen LogP contribution in [0.4, 0.5) is 4.39 Å². The molecule has 1 aliphatic heterocycles. The molecule has 1 aromatic rings. The van der Waals surface area contributed by atoms with Gasteiger partial charge in [0.25, 0.3) is 0 Å². The van der Waals surface area contributed by atoms with Crippen molar-refractivity contribution in [3.05, 3.63) is 35.6 Å². The van der Waals surface area contributed by atoms with Gasteiger partial charge in [-0.25, -0.2) is 4.39 Å². The molecule has 1 saturated heterocycles. The predicted molar refractivity (Wildman–Crippen MR) is 55.6 cm³/mol. The summed E-state index contributed by atoms with van der Waals surface area (Å²) in [5, 5.41) is 3.45. The zero-order valence-corrected chi connectivity index (χ0v) is 8.68. The van der Waals surface area contributed by atoms with Gasteiger partial charge in [0.05, 0.1) is 0 Å². The molecule has 0 saturated carbocycles. The first-order valence-corrected chi connectivity index (χ1v) is 5.11. The Labute approximate surface area is 84.3 Å². The van der Waals surface area contributed by atoms with E-state index >= 15 is 0 Å². The Balaban J connectivity index is 2.22. The molecule has 2 heteroatoms. The minimum atomic E-state index is -0.0947. The Kier molecular flexibility index (Phi) is 2.31. The molecule has 0 amide bonds. The lowest BCUT2D eigenvalue weighted by molar-refractivity contribution is 0.427. The van der Waals surface area contributed by atoms with Crippen LogP contribution >= 0.6 is 0 Å². The Bertz CT molecular complexity index is 333. The van der Waals surface area contributed by atoms with E-state index in [2.05, 4.69) is 19.2 Å².